The summed E-state index contributed by atoms with van der Waals surface area (Å²) in [7, 11) is 1.53. The minimum atomic E-state index is -0.770. The summed E-state index contributed by atoms with van der Waals surface area (Å²) >= 11 is 0. The Morgan fingerprint density at radius 2 is 2.07 bits per heavy atom. The molecule has 0 aromatic heterocycles. The first-order valence-electron chi connectivity index (χ1n) is 4.99. The van der Waals surface area contributed by atoms with Gasteiger partial charge in [-0.05, 0) is 12.8 Å². The summed E-state index contributed by atoms with van der Waals surface area (Å²) < 4.78 is 10.9. The van der Waals surface area contributed by atoms with Crippen molar-refractivity contribution in [2.45, 2.75) is 44.7 Å². The Morgan fingerprint density at radius 3 is 2.36 bits per heavy atom. The standard InChI is InChI=1S/C10H20O4/c1-6(2)10(5-11)9(13-4)8(12)7(3)14-10/h6-9,11-12H,5H2,1-4H3/t7-,8-,9+,10-/m0/s1. The summed E-state index contributed by atoms with van der Waals surface area (Å²) in [6.45, 7) is 5.56. The Labute approximate surface area is 84.8 Å². The molecular formula is C10H20O4. The van der Waals surface area contributed by atoms with Gasteiger partial charge in [0.1, 0.15) is 17.8 Å². The van der Waals surface area contributed by atoms with Crippen molar-refractivity contribution in [3.05, 3.63) is 0 Å². The maximum Gasteiger partial charge on any atom is 0.123 e. The number of ether oxygens (including phenoxy) is 2. The molecule has 1 rings (SSSR count). The fourth-order valence-electron chi connectivity index (χ4n) is 2.13. The third kappa shape index (κ3) is 1.56. The van der Waals surface area contributed by atoms with Crippen LogP contribution in [0.15, 0.2) is 0 Å². The van der Waals surface area contributed by atoms with Crippen LogP contribution in [0.5, 0.6) is 0 Å². The van der Waals surface area contributed by atoms with Gasteiger partial charge in [-0.2, -0.15) is 0 Å². The molecule has 84 valence electrons. The largest absolute Gasteiger partial charge is 0.393 e. The molecule has 0 spiro atoms. The highest BCUT2D eigenvalue weighted by atomic mass is 16.6. The van der Waals surface area contributed by atoms with Gasteiger partial charge in [-0.25, -0.2) is 0 Å². The number of methoxy groups -OCH3 is 1. The van der Waals surface area contributed by atoms with Crippen molar-refractivity contribution >= 4 is 0 Å². The average Bonchev–Trinajstić information content (AvgIpc) is 2.40. The predicted molar refractivity (Wildman–Crippen MR) is 52.0 cm³/mol. The van der Waals surface area contributed by atoms with Crippen molar-refractivity contribution in [1.82, 2.24) is 0 Å². The maximum atomic E-state index is 9.81. The normalized spacial score (nSPS) is 43.5. The molecular weight excluding hydrogens is 184 g/mol. The van der Waals surface area contributed by atoms with E-state index in [1.165, 1.54) is 7.11 Å². The van der Waals surface area contributed by atoms with Crippen molar-refractivity contribution in [2.24, 2.45) is 5.92 Å². The first-order chi connectivity index (χ1) is 6.49. The number of rotatable bonds is 3. The van der Waals surface area contributed by atoms with Crippen LogP contribution in [0.25, 0.3) is 0 Å². The van der Waals surface area contributed by atoms with E-state index in [0.717, 1.165) is 0 Å². The van der Waals surface area contributed by atoms with Crippen LogP contribution < -0.4 is 0 Å². The second-order valence-electron chi connectivity index (χ2n) is 4.24. The number of hydrogen-bond acceptors (Lipinski definition) is 4. The highest BCUT2D eigenvalue weighted by Gasteiger charge is 2.55. The van der Waals surface area contributed by atoms with E-state index in [-0.39, 0.29) is 18.6 Å². The van der Waals surface area contributed by atoms with E-state index in [4.69, 9.17) is 9.47 Å². The van der Waals surface area contributed by atoms with Gasteiger partial charge < -0.3 is 19.7 Å². The lowest BCUT2D eigenvalue weighted by molar-refractivity contribution is -0.144. The number of hydrogen-bond donors (Lipinski definition) is 2. The van der Waals surface area contributed by atoms with Gasteiger partial charge in [-0.15, -0.1) is 0 Å². The van der Waals surface area contributed by atoms with Gasteiger partial charge >= 0.3 is 0 Å². The summed E-state index contributed by atoms with van der Waals surface area (Å²) in [5.74, 6) is 0.0945. The van der Waals surface area contributed by atoms with Gasteiger partial charge in [0.05, 0.1) is 12.7 Å². The zero-order valence-corrected chi connectivity index (χ0v) is 9.23. The Bertz CT molecular complexity index is 195. The van der Waals surface area contributed by atoms with Crippen LogP contribution in [-0.2, 0) is 9.47 Å². The second kappa shape index (κ2) is 4.14. The van der Waals surface area contributed by atoms with Crippen molar-refractivity contribution in [3.8, 4) is 0 Å². The number of aliphatic hydroxyl groups excluding tert-OH is 2. The average molecular weight is 204 g/mol. The molecule has 0 amide bonds. The van der Waals surface area contributed by atoms with Gasteiger partial charge in [0.2, 0.25) is 0 Å². The molecule has 0 saturated carbocycles. The predicted octanol–water partition coefficient (Wildman–Crippen LogP) is 0.168. The summed E-state index contributed by atoms with van der Waals surface area (Å²) in [5, 5.41) is 19.2. The van der Waals surface area contributed by atoms with Crippen LogP contribution in [0.4, 0.5) is 0 Å². The first kappa shape index (κ1) is 11.9. The minimum absolute atomic E-state index is 0.0945. The fraction of sp³-hybridized carbons (Fsp3) is 1.00. The summed E-state index contributed by atoms with van der Waals surface area (Å²) in [6, 6.07) is 0. The molecule has 1 heterocycles. The van der Waals surface area contributed by atoms with E-state index in [2.05, 4.69) is 0 Å². The van der Waals surface area contributed by atoms with Gasteiger partial charge in [0.25, 0.3) is 0 Å². The molecule has 4 heteroatoms. The molecule has 0 radical (unpaired) electrons. The lowest BCUT2D eigenvalue weighted by atomic mass is 9.84. The molecule has 1 saturated heterocycles. The van der Waals surface area contributed by atoms with Crippen LogP contribution in [0.1, 0.15) is 20.8 Å². The fourth-order valence-corrected chi connectivity index (χ4v) is 2.13. The molecule has 0 aliphatic carbocycles. The second-order valence-corrected chi connectivity index (χ2v) is 4.24. The van der Waals surface area contributed by atoms with Gasteiger partial charge in [0, 0.05) is 7.11 Å². The van der Waals surface area contributed by atoms with Crippen LogP contribution in [0.3, 0.4) is 0 Å². The van der Waals surface area contributed by atoms with E-state index >= 15 is 0 Å². The van der Waals surface area contributed by atoms with Crippen LogP contribution in [-0.4, -0.2) is 47.8 Å². The van der Waals surface area contributed by atoms with Gasteiger partial charge in [-0.3, -0.25) is 0 Å². The zero-order chi connectivity index (χ0) is 10.9. The molecule has 0 aromatic carbocycles. The summed E-state index contributed by atoms with van der Waals surface area (Å²) in [6.07, 6.45) is -1.42. The van der Waals surface area contributed by atoms with E-state index < -0.39 is 17.8 Å². The molecule has 4 nitrogen and oxygen atoms in total. The topological polar surface area (TPSA) is 58.9 Å². The highest BCUT2D eigenvalue weighted by molar-refractivity contribution is 5.03. The minimum Gasteiger partial charge on any atom is -0.393 e. The van der Waals surface area contributed by atoms with Crippen molar-refractivity contribution in [1.29, 1.82) is 0 Å². The Kier molecular flexibility index (Phi) is 3.53. The van der Waals surface area contributed by atoms with Gasteiger partial charge in [-0.1, -0.05) is 13.8 Å². The van der Waals surface area contributed by atoms with Gasteiger partial charge in [0.15, 0.2) is 0 Å². The molecule has 0 aromatic rings. The van der Waals surface area contributed by atoms with E-state index in [1.807, 2.05) is 13.8 Å². The SMILES string of the molecule is CO[C@@H]1[C@@H](O)[C@H](C)O[C@@]1(CO)C(C)C. The van der Waals surface area contributed by atoms with Crippen molar-refractivity contribution in [3.63, 3.8) is 0 Å². The zero-order valence-electron chi connectivity index (χ0n) is 9.23. The van der Waals surface area contributed by atoms with Crippen molar-refractivity contribution < 1.29 is 19.7 Å². The quantitative estimate of drug-likeness (QED) is 0.688. The maximum absolute atomic E-state index is 9.81. The lowest BCUT2D eigenvalue weighted by Gasteiger charge is -2.35. The Balaban J connectivity index is 2.95. The smallest absolute Gasteiger partial charge is 0.123 e. The molecule has 4 atom stereocenters. The summed E-state index contributed by atoms with van der Waals surface area (Å²) in [4.78, 5) is 0. The molecule has 1 aliphatic heterocycles. The Hall–Kier alpha value is -0.160. The molecule has 1 fully saturated rings. The van der Waals surface area contributed by atoms with E-state index in [1.54, 1.807) is 6.92 Å². The summed E-state index contributed by atoms with van der Waals surface area (Å²) in [5.41, 5.74) is -0.770. The lowest BCUT2D eigenvalue weighted by Crippen LogP contribution is -2.51. The van der Waals surface area contributed by atoms with Crippen molar-refractivity contribution in [2.75, 3.05) is 13.7 Å². The Morgan fingerprint density at radius 1 is 1.50 bits per heavy atom. The monoisotopic (exact) mass is 204 g/mol. The van der Waals surface area contributed by atoms with Crippen LogP contribution >= 0.6 is 0 Å². The molecule has 2 N–H and O–H groups in total. The molecule has 1 aliphatic rings. The van der Waals surface area contributed by atoms with Crippen LogP contribution in [0.2, 0.25) is 0 Å². The van der Waals surface area contributed by atoms with E-state index in [9.17, 15) is 10.2 Å². The van der Waals surface area contributed by atoms with E-state index in [0.29, 0.717) is 0 Å². The van der Waals surface area contributed by atoms with Crippen LogP contribution in [0, 0.1) is 5.92 Å². The number of aliphatic hydroxyl groups is 2. The third-order valence-electron chi connectivity index (χ3n) is 3.16. The molecule has 0 bridgehead atoms. The third-order valence-corrected chi connectivity index (χ3v) is 3.16. The molecule has 0 unspecified atom stereocenters. The molecule has 14 heavy (non-hydrogen) atoms. The highest BCUT2D eigenvalue weighted by Crippen LogP contribution is 2.38. The first-order valence-corrected chi connectivity index (χ1v) is 4.99.